The molecule has 3 aromatic rings. The Bertz CT molecular complexity index is 1030. The van der Waals surface area contributed by atoms with E-state index < -0.39 is 10.0 Å². The average molecular weight is 398 g/mol. The summed E-state index contributed by atoms with van der Waals surface area (Å²) in [5.74, 6) is 0.446. The van der Waals surface area contributed by atoms with Gasteiger partial charge in [-0.05, 0) is 43.0 Å². The van der Waals surface area contributed by atoms with Gasteiger partial charge in [-0.3, -0.25) is 4.79 Å². The molecule has 0 spiro atoms. The normalized spacial score (nSPS) is 15.8. The second-order valence-corrected chi connectivity index (χ2v) is 8.82. The number of carbonyl (C=O) groups is 1. The van der Waals surface area contributed by atoms with Gasteiger partial charge in [-0.25, -0.2) is 13.1 Å². The number of fused-ring (bicyclic) bond motifs is 1. The Morgan fingerprint density at radius 3 is 2.43 bits per heavy atom. The van der Waals surface area contributed by atoms with Crippen LogP contribution in [0.4, 0.5) is 0 Å². The average Bonchev–Trinajstić information content (AvgIpc) is 3.17. The maximum absolute atomic E-state index is 12.7. The summed E-state index contributed by atoms with van der Waals surface area (Å²) in [6, 6.07) is 17.7. The van der Waals surface area contributed by atoms with Crippen molar-refractivity contribution < 1.29 is 17.6 Å². The zero-order valence-electron chi connectivity index (χ0n) is 15.4. The monoisotopic (exact) mass is 398 g/mol. The first-order valence-corrected chi connectivity index (χ1v) is 10.8. The van der Waals surface area contributed by atoms with E-state index in [1.807, 2.05) is 24.3 Å². The number of nitrogens with zero attached hydrogens (tertiary/aromatic N) is 1. The third kappa shape index (κ3) is 3.95. The van der Waals surface area contributed by atoms with Crippen LogP contribution in [0.2, 0.25) is 0 Å². The number of sulfonamides is 1. The van der Waals surface area contributed by atoms with Gasteiger partial charge in [0.05, 0.1) is 4.90 Å². The molecule has 1 N–H and O–H groups in total. The lowest BCUT2D eigenvalue weighted by Crippen LogP contribution is -2.41. The van der Waals surface area contributed by atoms with Crippen molar-refractivity contribution in [1.29, 1.82) is 0 Å². The molecule has 4 rings (SSSR count). The molecule has 0 saturated carbocycles. The molecule has 1 amide bonds. The van der Waals surface area contributed by atoms with Crippen molar-refractivity contribution >= 4 is 26.9 Å². The van der Waals surface area contributed by atoms with Crippen molar-refractivity contribution in [2.24, 2.45) is 5.92 Å². The van der Waals surface area contributed by atoms with Crippen LogP contribution in [0.5, 0.6) is 0 Å². The summed E-state index contributed by atoms with van der Waals surface area (Å²) in [7, 11) is -3.49. The number of carbonyl (C=O) groups excluding carboxylic acids is 1. The van der Waals surface area contributed by atoms with Gasteiger partial charge in [-0.1, -0.05) is 36.4 Å². The van der Waals surface area contributed by atoms with Crippen LogP contribution in [0.15, 0.2) is 70.0 Å². The first-order chi connectivity index (χ1) is 13.5. The fourth-order valence-corrected chi connectivity index (χ4v) is 4.63. The maximum Gasteiger partial charge on any atom is 0.289 e. The van der Waals surface area contributed by atoms with Crippen LogP contribution in [0, 0.1) is 5.92 Å². The fourth-order valence-electron chi connectivity index (χ4n) is 3.49. The summed E-state index contributed by atoms with van der Waals surface area (Å²) < 4.78 is 33.0. The summed E-state index contributed by atoms with van der Waals surface area (Å²) >= 11 is 0. The van der Waals surface area contributed by atoms with Crippen LogP contribution >= 0.6 is 0 Å². The quantitative estimate of drug-likeness (QED) is 0.715. The third-order valence-corrected chi connectivity index (χ3v) is 6.59. The molecular weight excluding hydrogens is 376 g/mol. The zero-order chi connectivity index (χ0) is 19.6. The number of hydrogen-bond donors (Lipinski definition) is 1. The molecule has 1 aliphatic rings. The molecule has 0 unspecified atom stereocenters. The highest BCUT2D eigenvalue weighted by molar-refractivity contribution is 7.89. The second kappa shape index (κ2) is 7.77. The summed E-state index contributed by atoms with van der Waals surface area (Å²) in [4.78, 5) is 14.7. The minimum atomic E-state index is -3.49. The molecule has 7 heteroatoms. The lowest BCUT2D eigenvalue weighted by Gasteiger charge is -2.31. The Hall–Kier alpha value is -2.64. The van der Waals surface area contributed by atoms with E-state index in [1.165, 1.54) is 0 Å². The van der Waals surface area contributed by atoms with E-state index in [4.69, 9.17) is 4.42 Å². The molecule has 0 bridgehead atoms. The Kier molecular flexibility index (Phi) is 5.19. The number of rotatable bonds is 5. The predicted molar refractivity (Wildman–Crippen MR) is 106 cm³/mol. The van der Waals surface area contributed by atoms with Crippen LogP contribution in [-0.2, 0) is 10.0 Å². The van der Waals surface area contributed by atoms with Gasteiger partial charge in [-0.15, -0.1) is 0 Å². The molecule has 0 atom stereocenters. The van der Waals surface area contributed by atoms with Crippen LogP contribution in [-0.4, -0.2) is 38.9 Å². The van der Waals surface area contributed by atoms with Crippen LogP contribution in [0.1, 0.15) is 23.4 Å². The first-order valence-electron chi connectivity index (χ1n) is 9.35. The molecule has 2 heterocycles. The molecule has 1 aromatic heterocycles. The van der Waals surface area contributed by atoms with Crippen molar-refractivity contribution in [2.75, 3.05) is 19.6 Å². The first kappa shape index (κ1) is 18.7. The van der Waals surface area contributed by atoms with Crippen molar-refractivity contribution in [2.45, 2.75) is 17.7 Å². The van der Waals surface area contributed by atoms with Gasteiger partial charge < -0.3 is 9.32 Å². The number of amides is 1. The molecule has 146 valence electrons. The van der Waals surface area contributed by atoms with Crippen molar-refractivity contribution in [3.05, 3.63) is 66.4 Å². The smallest absolute Gasteiger partial charge is 0.289 e. The van der Waals surface area contributed by atoms with Gasteiger partial charge in [0.2, 0.25) is 10.0 Å². The number of nitrogens with one attached hydrogen (secondary N) is 1. The second-order valence-electron chi connectivity index (χ2n) is 7.05. The highest BCUT2D eigenvalue weighted by Crippen LogP contribution is 2.23. The minimum absolute atomic E-state index is 0.112. The molecule has 1 fully saturated rings. The Labute approximate surface area is 164 Å². The highest BCUT2D eigenvalue weighted by atomic mass is 32.2. The van der Waals surface area contributed by atoms with Crippen molar-refractivity contribution in [3.63, 3.8) is 0 Å². The molecule has 0 radical (unpaired) electrons. The van der Waals surface area contributed by atoms with Crippen molar-refractivity contribution in [3.8, 4) is 0 Å². The molecule has 1 aliphatic heterocycles. The number of likely N-dealkylation sites (tertiary alicyclic amines) is 1. The molecule has 28 heavy (non-hydrogen) atoms. The lowest BCUT2D eigenvalue weighted by molar-refractivity contribution is 0.0662. The van der Waals surface area contributed by atoms with Gasteiger partial charge >= 0.3 is 0 Å². The van der Waals surface area contributed by atoms with Gasteiger partial charge in [0.25, 0.3) is 5.91 Å². The number of piperidine rings is 1. The number of benzene rings is 2. The molecular formula is C21H22N2O4S. The van der Waals surface area contributed by atoms with E-state index in [0.29, 0.717) is 31.0 Å². The van der Waals surface area contributed by atoms with E-state index in [-0.39, 0.29) is 16.7 Å². The molecule has 1 saturated heterocycles. The Morgan fingerprint density at radius 1 is 1.04 bits per heavy atom. The summed E-state index contributed by atoms with van der Waals surface area (Å²) in [5, 5.41) is 0.913. The third-order valence-electron chi connectivity index (χ3n) is 5.15. The number of hydrogen-bond acceptors (Lipinski definition) is 4. The van der Waals surface area contributed by atoms with Crippen LogP contribution < -0.4 is 4.72 Å². The van der Waals surface area contributed by atoms with E-state index >= 15 is 0 Å². The van der Waals surface area contributed by atoms with E-state index in [9.17, 15) is 13.2 Å². The zero-order valence-corrected chi connectivity index (χ0v) is 16.2. The van der Waals surface area contributed by atoms with Gasteiger partial charge in [0.15, 0.2) is 5.76 Å². The Morgan fingerprint density at radius 2 is 1.71 bits per heavy atom. The van der Waals surface area contributed by atoms with Gasteiger partial charge in [0.1, 0.15) is 5.58 Å². The number of furan rings is 1. The maximum atomic E-state index is 12.7. The molecule has 2 aromatic carbocycles. The van der Waals surface area contributed by atoms with Gasteiger partial charge in [-0.2, -0.15) is 0 Å². The van der Waals surface area contributed by atoms with Crippen LogP contribution in [0.3, 0.4) is 0 Å². The molecule has 0 aliphatic carbocycles. The fraction of sp³-hybridized carbons (Fsp3) is 0.286. The van der Waals surface area contributed by atoms with E-state index in [0.717, 1.165) is 18.2 Å². The van der Waals surface area contributed by atoms with E-state index in [1.54, 1.807) is 41.3 Å². The summed E-state index contributed by atoms with van der Waals surface area (Å²) in [5.41, 5.74) is 0.705. The minimum Gasteiger partial charge on any atom is -0.451 e. The molecule has 6 nitrogen and oxygen atoms in total. The van der Waals surface area contributed by atoms with Gasteiger partial charge in [0, 0.05) is 25.0 Å². The standard InChI is InChI=1S/C21H22N2O4S/c24-21(20-14-17-6-4-5-9-19(17)27-20)23-12-10-16(11-13-23)15-22-28(25,26)18-7-2-1-3-8-18/h1-9,14,16,22H,10-13,15H2. The van der Waals surface area contributed by atoms with E-state index in [2.05, 4.69) is 4.72 Å². The van der Waals surface area contributed by atoms with Crippen molar-refractivity contribution in [1.82, 2.24) is 9.62 Å². The topological polar surface area (TPSA) is 79.6 Å². The SMILES string of the molecule is O=C(c1cc2ccccc2o1)N1CCC(CNS(=O)(=O)c2ccccc2)CC1. The lowest BCUT2D eigenvalue weighted by atomic mass is 9.97. The number of para-hydroxylation sites is 1. The van der Waals surface area contributed by atoms with Crippen LogP contribution in [0.25, 0.3) is 11.0 Å². The summed E-state index contributed by atoms with van der Waals surface area (Å²) in [6.45, 7) is 1.56. The highest BCUT2D eigenvalue weighted by Gasteiger charge is 2.26. The predicted octanol–water partition coefficient (Wildman–Crippen LogP) is 3.26. The summed E-state index contributed by atoms with van der Waals surface area (Å²) in [6.07, 6.45) is 1.51. The Balaban J connectivity index is 1.32. The largest absolute Gasteiger partial charge is 0.451 e.